The Balaban J connectivity index is 2.44. The van der Waals surface area contributed by atoms with Crippen molar-refractivity contribution < 1.29 is 9.47 Å². The molecule has 0 spiro atoms. The molecule has 8 heteroatoms. The third-order valence-electron chi connectivity index (χ3n) is 2.84. The van der Waals surface area contributed by atoms with Crippen molar-refractivity contribution in [2.24, 2.45) is 0 Å². The second-order valence-corrected chi connectivity index (χ2v) is 4.02. The van der Waals surface area contributed by atoms with E-state index in [-0.39, 0.29) is 11.2 Å². The topological polar surface area (TPSA) is 110 Å². The van der Waals surface area contributed by atoms with E-state index >= 15 is 0 Å². The SMILES string of the molecule is COc1cc2nc3[nH]c(=O)[nH]c(=O)c3nc2cc1OC. The molecule has 2 aromatic heterocycles. The number of ether oxygens (including phenoxy) is 2. The average Bonchev–Trinajstić information content (AvgIpc) is 2.44. The van der Waals surface area contributed by atoms with Crippen molar-refractivity contribution in [3.05, 3.63) is 33.0 Å². The zero-order valence-corrected chi connectivity index (χ0v) is 10.7. The summed E-state index contributed by atoms with van der Waals surface area (Å²) in [5.74, 6) is 0.968. The summed E-state index contributed by atoms with van der Waals surface area (Å²) in [6, 6.07) is 3.24. The summed E-state index contributed by atoms with van der Waals surface area (Å²) < 4.78 is 10.3. The fourth-order valence-corrected chi connectivity index (χ4v) is 1.93. The Bertz CT molecular complexity index is 928. The summed E-state index contributed by atoms with van der Waals surface area (Å²) in [5.41, 5.74) is -0.0866. The summed E-state index contributed by atoms with van der Waals surface area (Å²) in [4.78, 5) is 35.9. The molecule has 0 saturated heterocycles. The molecule has 1 aromatic carbocycles. The van der Waals surface area contributed by atoms with Gasteiger partial charge < -0.3 is 9.47 Å². The number of methoxy groups -OCH3 is 2. The number of fused-ring (bicyclic) bond motifs is 2. The van der Waals surface area contributed by atoms with Crippen LogP contribution >= 0.6 is 0 Å². The monoisotopic (exact) mass is 274 g/mol. The first-order valence-corrected chi connectivity index (χ1v) is 5.68. The van der Waals surface area contributed by atoms with Gasteiger partial charge in [-0.3, -0.25) is 14.8 Å². The summed E-state index contributed by atoms with van der Waals surface area (Å²) in [7, 11) is 3.01. The lowest BCUT2D eigenvalue weighted by Crippen LogP contribution is -2.23. The molecule has 0 aliphatic carbocycles. The normalized spacial score (nSPS) is 10.9. The molecule has 0 aliphatic rings. The van der Waals surface area contributed by atoms with Gasteiger partial charge in [0.05, 0.1) is 25.3 Å². The second kappa shape index (κ2) is 4.34. The number of H-pyrrole nitrogens is 2. The van der Waals surface area contributed by atoms with Crippen molar-refractivity contribution in [1.29, 1.82) is 0 Å². The van der Waals surface area contributed by atoms with Gasteiger partial charge in [-0.15, -0.1) is 0 Å². The predicted octanol–water partition coefficient (Wildman–Crippen LogP) is 0.177. The number of nitrogens with zero attached hydrogens (tertiary/aromatic N) is 2. The molecule has 3 rings (SSSR count). The molecule has 0 saturated carbocycles. The van der Waals surface area contributed by atoms with Gasteiger partial charge in [0.15, 0.2) is 22.7 Å². The number of benzene rings is 1. The molecule has 8 nitrogen and oxygen atoms in total. The lowest BCUT2D eigenvalue weighted by atomic mass is 10.2. The Hall–Kier alpha value is -2.90. The molecule has 0 atom stereocenters. The van der Waals surface area contributed by atoms with E-state index in [1.807, 2.05) is 0 Å². The highest BCUT2D eigenvalue weighted by Gasteiger charge is 2.11. The Morgan fingerprint density at radius 1 is 0.950 bits per heavy atom. The van der Waals surface area contributed by atoms with Crippen LogP contribution in [0.1, 0.15) is 0 Å². The molecule has 0 fully saturated rings. The van der Waals surface area contributed by atoms with Crippen LogP contribution in [0, 0.1) is 0 Å². The highest BCUT2D eigenvalue weighted by molar-refractivity contribution is 5.86. The van der Waals surface area contributed by atoms with Gasteiger partial charge in [-0.05, 0) is 0 Å². The van der Waals surface area contributed by atoms with Crippen LogP contribution in [0.4, 0.5) is 0 Å². The maximum Gasteiger partial charge on any atom is 0.327 e. The van der Waals surface area contributed by atoms with Crippen LogP contribution in [0.2, 0.25) is 0 Å². The third kappa shape index (κ3) is 1.78. The van der Waals surface area contributed by atoms with E-state index < -0.39 is 11.2 Å². The van der Waals surface area contributed by atoms with E-state index in [0.29, 0.717) is 22.5 Å². The van der Waals surface area contributed by atoms with Crippen LogP contribution in [0.25, 0.3) is 22.2 Å². The van der Waals surface area contributed by atoms with Crippen LogP contribution < -0.4 is 20.7 Å². The largest absolute Gasteiger partial charge is 0.493 e. The van der Waals surface area contributed by atoms with Gasteiger partial charge in [0.1, 0.15) is 0 Å². The van der Waals surface area contributed by atoms with Crippen LogP contribution in [0.3, 0.4) is 0 Å². The molecule has 0 aliphatic heterocycles. The van der Waals surface area contributed by atoms with E-state index in [2.05, 4.69) is 19.9 Å². The minimum Gasteiger partial charge on any atom is -0.493 e. The molecule has 0 amide bonds. The van der Waals surface area contributed by atoms with Crippen LogP contribution in [0.15, 0.2) is 21.7 Å². The van der Waals surface area contributed by atoms with E-state index in [0.717, 1.165) is 0 Å². The van der Waals surface area contributed by atoms with E-state index in [4.69, 9.17) is 9.47 Å². The van der Waals surface area contributed by atoms with E-state index in [1.165, 1.54) is 14.2 Å². The lowest BCUT2D eigenvalue weighted by Gasteiger charge is -2.08. The van der Waals surface area contributed by atoms with Gasteiger partial charge in [-0.25, -0.2) is 14.8 Å². The summed E-state index contributed by atoms with van der Waals surface area (Å²) in [5, 5.41) is 0. The number of aromatic amines is 2. The van der Waals surface area contributed by atoms with Crippen molar-refractivity contribution >= 4 is 22.2 Å². The third-order valence-corrected chi connectivity index (χ3v) is 2.84. The molecule has 2 heterocycles. The van der Waals surface area contributed by atoms with Crippen molar-refractivity contribution in [1.82, 2.24) is 19.9 Å². The number of hydrogen-bond acceptors (Lipinski definition) is 6. The number of rotatable bonds is 2. The molecule has 0 bridgehead atoms. The van der Waals surface area contributed by atoms with Crippen molar-refractivity contribution in [2.45, 2.75) is 0 Å². The quantitative estimate of drug-likeness (QED) is 0.645. The maximum atomic E-state index is 11.7. The smallest absolute Gasteiger partial charge is 0.327 e. The standard InChI is InChI=1S/C12H10N4O4/c1-19-7-3-5-6(4-8(7)20-2)14-10-9(13-5)11(17)16-12(18)15-10/h3-4H,1-2H3,(H2,14,15,16,17,18). The Kier molecular flexibility index (Phi) is 2.63. The zero-order valence-electron chi connectivity index (χ0n) is 10.7. The van der Waals surface area contributed by atoms with Crippen molar-refractivity contribution in [2.75, 3.05) is 14.2 Å². The lowest BCUT2D eigenvalue weighted by molar-refractivity contribution is 0.355. The van der Waals surface area contributed by atoms with Gasteiger partial charge in [-0.1, -0.05) is 0 Å². The highest BCUT2D eigenvalue weighted by Crippen LogP contribution is 2.30. The first-order valence-electron chi connectivity index (χ1n) is 5.68. The predicted molar refractivity (Wildman–Crippen MR) is 71.4 cm³/mol. The number of aromatic nitrogens is 4. The zero-order chi connectivity index (χ0) is 14.3. The van der Waals surface area contributed by atoms with Gasteiger partial charge in [0, 0.05) is 12.1 Å². The van der Waals surface area contributed by atoms with Gasteiger partial charge in [0.25, 0.3) is 5.56 Å². The fourth-order valence-electron chi connectivity index (χ4n) is 1.93. The van der Waals surface area contributed by atoms with Crippen molar-refractivity contribution in [3.63, 3.8) is 0 Å². The van der Waals surface area contributed by atoms with E-state index in [1.54, 1.807) is 12.1 Å². The Morgan fingerprint density at radius 2 is 1.55 bits per heavy atom. The molecule has 20 heavy (non-hydrogen) atoms. The fraction of sp³-hybridized carbons (Fsp3) is 0.167. The second-order valence-electron chi connectivity index (χ2n) is 4.02. The summed E-state index contributed by atoms with van der Waals surface area (Å²) in [6.07, 6.45) is 0. The maximum absolute atomic E-state index is 11.7. The van der Waals surface area contributed by atoms with Crippen LogP contribution in [0.5, 0.6) is 11.5 Å². The molecule has 0 unspecified atom stereocenters. The van der Waals surface area contributed by atoms with Crippen LogP contribution in [-0.4, -0.2) is 34.2 Å². The Labute approximate surface area is 111 Å². The van der Waals surface area contributed by atoms with E-state index in [9.17, 15) is 9.59 Å². The molecular formula is C12H10N4O4. The highest BCUT2D eigenvalue weighted by atomic mass is 16.5. The first-order chi connectivity index (χ1) is 9.62. The minimum atomic E-state index is -0.628. The molecule has 102 valence electrons. The van der Waals surface area contributed by atoms with Gasteiger partial charge >= 0.3 is 5.69 Å². The Morgan fingerprint density at radius 3 is 2.15 bits per heavy atom. The number of hydrogen-bond donors (Lipinski definition) is 2. The molecule has 3 aromatic rings. The van der Waals surface area contributed by atoms with Crippen LogP contribution in [-0.2, 0) is 0 Å². The summed E-state index contributed by atoms with van der Waals surface area (Å²) >= 11 is 0. The first kappa shape index (κ1) is 12.2. The van der Waals surface area contributed by atoms with Gasteiger partial charge in [-0.2, -0.15) is 0 Å². The molecule has 0 radical (unpaired) electrons. The number of nitrogens with one attached hydrogen (secondary N) is 2. The minimum absolute atomic E-state index is 0.0596. The van der Waals surface area contributed by atoms with Crippen molar-refractivity contribution in [3.8, 4) is 11.5 Å². The van der Waals surface area contributed by atoms with Gasteiger partial charge in [0.2, 0.25) is 0 Å². The molecule has 2 N–H and O–H groups in total. The average molecular weight is 274 g/mol. The molecular weight excluding hydrogens is 264 g/mol. The summed E-state index contributed by atoms with van der Waals surface area (Å²) in [6.45, 7) is 0.